The first-order valence-electron chi connectivity index (χ1n) is 4.79. The van der Waals surface area contributed by atoms with Crippen molar-refractivity contribution in [3.63, 3.8) is 0 Å². The Bertz CT molecular complexity index is 640. The Hall–Kier alpha value is -1.60. The Balaban J connectivity index is 2.46. The molecule has 0 fully saturated rings. The van der Waals surface area contributed by atoms with Gasteiger partial charge in [0, 0.05) is 24.4 Å². The van der Waals surface area contributed by atoms with E-state index in [1.165, 1.54) is 16.9 Å². The molecule has 9 heteroatoms. The molecule has 0 amide bonds. The van der Waals surface area contributed by atoms with Crippen LogP contribution < -0.4 is 10.3 Å². The van der Waals surface area contributed by atoms with Crippen LogP contribution >= 0.6 is 23.2 Å². The van der Waals surface area contributed by atoms with Gasteiger partial charge in [-0.2, -0.15) is 0 Å². The van der Waals surface area contributed by atoms with Gasteiger partial charge in [-0.1, -0.05) is 23.2 Å². The van der Waals surface area contributed by atoms with Crippen molar-refractivity contribution in [3.05, 3.63) is 44.8 Å². The topological polar surface area (TPSA) is 47.0 Å². The number of benzene rings is 1. The molecule has 2 rings (SSSR count). The van der Waals surface area contributed by atoms with Gasteiger partial charge in [0.15, 0.2) is 0 Å². The molecular formula is C10H5Cl2F3N2O2. The van der Waals surface area contributed by atoms with Gasteiger partial charge in [0.05, 0.1) is 15.7 Å². The fourth-order valence-electron chi connectivity index (χ4n) is 1.43. The molecule has 1 N–H and O–H groups in total. The third-order valence-electron chi connectivity index (χ3n) is 2.07. The first kappa shape index (κ1) is 13.8. The summed E-state index contributed by atoms with van der Waals surface area (Å²) in [6, 6.07) is 3.12. The quantitative estimate of drug-likeness (QED) is 0.924. The largest absolute Gasteiger partial charge is 0.573 e. The normalized spacial score (nSPS) is 11.6. The molecule has 1 heterocycles. The molecule has 0 saturated carbocycles. The summed E-state index contributed by atoms with van der Waals surface area (Å²) in [6.45, 7) is 0. The molecule has 0 aliphatic heterocycles. The van der Waals surface area contributed by atoms with Crippen molar-refractivity contribution in [1.82, 2.24) is 9.78 Å². The van der Waals surface area contributed by atoms with E-state index in [4.69, 9.17) is 23.2 Å². The lowest BCUT2D eigenvalue weighted by Crippen LogP contribution is -2.17. The van der Waals surface area contributed by atoms with Crippen LogP contribution in [0.15, 0.2) is 29.2 Å². The van der Waals surface area contributed by atoms with E-state index in [0.29, 0.717) is 0 Å². The summed E-state index contributed by atoms with van der Waals surface area (Å²) in [7, 11) is 0. The van der Waals surface area contributed by atoms with Crippen molar-refractivity contribution in [2.75, 3.05) is 0 Å². The van der Waals surface area contributed by atoms with Gasteiger partial charge in [-0.3, -0.25) is 14.6 Å². The van der Waals surface area contributed by atoms with E-state index in [1.807, 2.05) is 0 Å². The molecule has 2 aromatic rings. The van der Waals surface area contributed by atoms with Gasteiger partial charge < -0.3 is 4.74 Å². The molecule has 0 unspecified atom stereocenters. The van der Waals surface area contributed by atoms with Crippen LogP contribution in [0.2, 0.25) is 10.0 Å². The Morgan fingerprint density at radius 2 is 1.79 bits per heavy atom. The number of halogens is 5. The van der Waals surface area contributed by atoms with Gasteiger partial charge in [0.2, 0.25) is 0 Å². The highest BCUT2D eigenvalue weighted by Gasteiger charge is 2.31. The minimum Gasteiger partial charge on any atom is -0.406 e. The first-order valence-corrected chi connectivity index (χ1v) is 5.55. The van der Waals surface area contributed by atoms with Crippen LogP contribution in [0, 0.1) is 0 Å². The average molecular weight is 313 g/mol. The van der Waals surface area contributed by atoms with Crippen molar-refractivity contribution >= 4 is 23.2 Å². The van der Waals surface area contributed by atoms with Gasteiger partial charge >= 0.3 is 6.36 Å². The number of hydrogen-bond donors (Lipinski definition) is 1. The number of nitrogens with one attached hydrogen (secondary N) is 1. The summed E-state index contributed by atoms with van der Waals surface area (Å²) in [4.78, 5) is 11.0. The Kier molecular flexibility index (Phi) is 3.51. The molecule has 4 nitrogen and oxygen atoms in total. The van der Waals surface area contributed by atoms with Gasteiger partial charge in [0.1, 0.15) is 5.75 Å². The van der Waals surface area contributed by atoms with Gasteiger partial charge in [-0.05, 0) is 0 Å². The molecule has 0 saturated heterocycles. The zero-order chi connectivity index (χ0) is 14.2. The molecular weight excluding hydrogens is 308 g/mol. The number of H-pyrrole nitrogens is 1. The summed E-state index contributed by atoms with van der Waals surface area (Å²) in [5.41, 5.74) is -0.247. The molecule has 0 aliphatic rings. The SMILES string of the molecule is O=c1ccn(-c2c(Cl)cc(OC(F)(F)F)cc2Cl)[nH]1. The number of aromatic nitrogens is 2. The van der Waals surface area contributed by atoms with Crippen molar-refractivity contribution < 1.29 is 17.9 Å². The highest BCUT2D eigenvalue weighted by Crippen LogP contribution is 2.34. The summed E-state index contributed by atoms with van der Waals surface area (Å²) in [5, 5.41) is 2.17. The van der Waals surface area contributed by atoms with Crippen LogP contribution in [0.25, 0.3) is 5.69 Å². The predicted octanol–water partition coefficient (Wildman–Crippen LogP) is 3.37. The first-order chi connectivity index (χ1) is 8.76. The fraction of sp³-hybridized carbons (Fsp3) is 0.100. The molecule has 0 radical (unpaired) electrons. The Labute approximate surface area is 114 Å². The molecule has 0 aliphatic carbocycles. The van der Waals surface area contributed by atoms with E-state index in [2.05, 4.69) is 9.84 Å². The zero-order valence-corrected chi connectivity index (χ0v) is 10.5. The highest BCUT2D eigenvalue weighted by molar-refractivity contribution is 6.38. The van der Waals surface area contributed by atoms with Crippen LogP contribution in [-0.2, 0) is 0 Å². The minimum absolute atomic E-state index is 0.0985. The Morgan fingerprint density at radius 3 is 2.21 bits per heavy atom. The van der Waals surface area contributed by atoms with Crippen molar-refractivity contribution in [1.29, 1.82) is 0 Å². The fourth-order valence-corrected chi connectivity index (χ4v) is 2.08. The van der Waals surface area contributed by atoms with Crippen LogP contribution in [0.1, 0.15) is 0 Å². The summed E-state index contributed by atoms with van der Waals surface area (Å²) in [5.74, 6) is -0.541. The van der Waals surface area contributed by atoms with Crippen LogP contribution in [0.5, 0.6) is 5.75 Å². The monoisotopic (exact) mass is 312 g/mol. The number of rotatable bonds is 2. The van der Waals surface area contributed by atoms with Crippen molar-refractivity contribution in [3.8, 4) is 11.4 Å². The van der Waals surface area contributed by atoms with Crippen LogP contribution in [0.4, 0.5) is 13.2 Å². The maximum absolute atomic E-state index is 12.1. The van der Waals surface area contributed by atoms with E-state index in [9.17, 15) is 18.0 Å². The second kappa shape index (κ2) is 4.82. The van der Waals surface area contributed by atoms with E-state index >= 15 is 0 Å². The number of hydrogen-bond acceptors (Lipinski definition) is 2. The molecule has 1 aromatic carbocycles. The predicted molar refractivity (Wildman–Crippen MR) is 63.1 cm³/mol. The lowest BCUT2D eigenvalue weighted by molar-refractivity contribution is -0.274. The smallest absolute Gasteiger partial charge is 0.406 e. The number of ether oxygens (including phenoxy) is 1. The maximum Gasteiger partial charge on any atom is 0.573 e. The zero-order valence-electron chi connectivity index (χ0n) is 8.96. The molecule has 102 valence electrons. The molecule has 19 heavy (non-hydrogen) atoms. The second-order valence-electron chi connectivity index (χ2n) is 3.45. The highest BCUT2D eigenvalue weighted by atomic mass is 35.5. The second-order valence-corrected chi connectivity index (χ2v) is 4.26. The average Bonchev–Trinajstić information content (AvgIpc) is 2.60. The number of alkyl halides is 3. The third-order valence-corrected chi connectivity index (χ3v) is 2.65. The van der Waals surface area contributed by atoms with Crippen molar-refractivity contribution in [2.45, 2.75) is 6.36 Å². The summed E-state index contributed by atoms with van der Waals surface area (Å²) < 4.78 is 41.1. The van der Waals surface area contributed by atoms with Crippen molar-refractivity contribution in [2.24, 2.45) is 0 Å². The lowest BCUT2D eigenvalue weighted by atomic mass is 10.3. The van der Waals surface area contributed by atoms with E-state index in [-0.39, 0.29) is 15.7 Å². The van der Waals surface area contributed by atoms with E-state index in [0.717, 1.165) is 12.1 Å². The summed E-state index contributed by atoms with van der Waals surface area (Å²) in [6.07, 6.45) is -3.49. The maximum atomic E-state index is 12.1. The Morgan fingerprint density at radius 1 is 1.21 bits per heavy atom. The van der Waals surface area contributed by atoms with E-state index < -0.39 is 17.7 Å². The lowest BCUT2D eigenvalue weighted by Gasteiger charge is -2.12. The summed E-state index contributed by atoms with van der Waals surface area (Å²) >= 11 is 11.7. The van der Waals surface area contributed by atoms with Gasteiger partial charge in [0.25, 0.3) is 5.56 Å². The number of aromatic amines is 1. The molecule has 0 spiro atoms. The standard InChI is InChI=1S/C10H5Cl2F3N2O2/c11-6-3-5(19-10(13,14)15)4-7(12)9(6)17-2-1-8(18)16-17/h1-4H,(H,16,18). The van der Waals surface area contributed by atoms with Gasteiger partial charge in [-0.25, -0.2) is 0 Å². The van der Waals surface area contributed by atoms with Crippen LogP contribution in [-0.4, -0.2) is 16.1 Å². The van der Waals surface area contributed by atoms with Gasteiger partial charge in [-0.15, -0.1) is 13.2 Å². The van der Waals surface area contributed by atoms with Crippen LogP contribution in [0.3, 0.4) is 0 Å². The molecule has 1 aromatic heterocycles. The molecule has 0 bridgehead atoms. The third kappa shape index (κ3) is 3.24. The number of nitrogens with zero attached hydrogens (tertiary/aromatic N) is 1. The molecule has 0 atom stereocenters. The minimum atomic E-state index is -4.84. The van der Waals surface area contributed by atoms with E-state index in [1.54, 1.807) is 0 Å².